The van der Waals surface area contributed by atoms with Gasteiger partial charge in [0.25, 0.3) is 5.56 Å². The van der Waals surface area contributed by atoms with Gasteiger partial charge in [0.1, 0.15) is 11.6 Å². The summed E-state index contributed by atoms with van der Waals surface area (Å²) in [7, 11) is 0. The molecule has 30 heavy (non-hydrogen) atoms. The summed E-state index contributed by atoms with van der Waals surface area (Å²) in [6.07, 6.45) is 11.1. The molecule has 3 aromatic rings. The molecule has 0 fully saturated rings. The molecule has 0 saturated heterocycles. The van der Waals surface area contributed by atoms with E-state index in [4.69, 9.17) is 11.6 Å². The van der Waals surface area contributed by atoms with Crippen LogP contribution in [0.25, 0.3) is 22.7 Å². The summed E-state index contributed by atoms with van der Waals surface area (Å²) in [5, 5.41) is 0.535. The number of rotatable bonds is 7. The van der Waals surface area contributed by atoms with Crippen molar-refractivity contribution in [2.75, 3.05) is 0 Å². The van der Waals surface area contributed by atoms with E-state index in [0.717, 1.165) is 6.42 Å². The molecule has 0 amide bonds. The summed E-state index contributed by atoms with van der Waals surface area (Å²) in [4.78, 5) is 21.9. The van der Waals surface area contributed by atoms with E-state index in [1.54, 1.807) is 54.8 Å². The second-order valence-electron chi connectivity index (χ2n) is 6.28. The number of benzene rings is 2. The molecular weight excluding hydrogens is 401 g/mol. The lowest BCUT2D eigenvalue weighted by Gasteiger charge is -2.12. The second-order valence-corrected chi connectivity index (χ2v) is 6.69. The van der Waals surface area contributed by atoms with Gasteiger partial charge in [0.2, 0.25) is 0 Å². The Morgan fingerprint density at radius 2 is 2.07 bits per heavy atom. The van der Waals surface area contributed by atoms with Gasteiger partial charge in [0, 0.05) is 6.21 Å². The number of halogens is 2. The topological polar surface area (TPSA) is 47.2 Å². The third-order valence-corrected chi connectivity index (χ3v) is 4.46. The van der Waals surface area contributed by atoms with E-state index >= 15 is 0 Å². The highest BCUT2D eigenvalue weighted by molar-refractivity contribution is 6.32. The summed E-state index contributed by atoms with van der Waals surface area (Å²) in [6.45, 7) is 7.51. The molecule has 0 aliphatic carbocycles. The lowest BCUT2D eigenvalue weighted by atomic mass is 10.2. The maximum absolute atomic E-state index is 13.7. The minimum absolute atomic E-state index is 0.163. The van der Waals surface area contributed by atoms with Crippen molar-refractivity contribution in [2.24, 2.45) is 4.99 Å². The Labute approximate surface area is 178 Å². The van der Waals surface area contributed by atoms with Gasteiger partial charge in [-0.2, -0.15) is 0 Å². The first kappa shape index (κ1) is 21.1. The Bertz CT molecular complexity index is 1260. The van der Waals surface area contributed by atoms with Gasteiger partial charge in [-0.25, -0.2) is 9.37 Å². The Hall–Kier alpha value is -3.57. The third kappa shape index (κ3) is 4.88. The van der Waals surface area contributed by atoms with Crippen LogP contribution in [-0.2, 0) is 0 Å². The lowest BCUT2D eigenvalue weighted by Crippen LogP contribution is -2.22. The highest BCUT2D eigenvalue weighted by Crippen LogP contribution is 2.22. The molecule has 0 unspecified atom stereocenters. The Kier molecular flexibility index (Phi) is 6.88. The Balaban J connectivity index is 2.09. The predicted molar refractivity (Wildman–Crippen MR) is 123 cm³/mol. The van der Waals surface area contributed by atoms with Gasteiger partial charge >= 0.3 is 0 Å². The van der Waals surface area contributed by atoms with Gasteiger partial charge in [-0.15, -0.1) is 6.58 Å². The van der Waals surface area contributed by atoms with Crippen molar-refractivity contribution in [1.29, 1.82) is 0 Å². The zero-order valence-electron chi connectivity index (χ0n) is 16.1. The van der Waals surface area contributed by atoms with Crippen LogP contribution in [0.3, 0.4) is 0 Å². The fourth-order valence-electron chi connectivity index (χ4n) is 2.74. The number of para-hydroxylation sites is 1. The molecule has 0 aliphatic rings. The number of allylic oxidation sites excluding steroid dienone is 4. The van der Waals surface area contributed by atoms with E-state index in [-0.39, 0.29) is 5.39 Å². The van der Waals surface area contributed by atoms with Crippen molar-refractivity contribution in [2.45, 2.75) is 6.42 Å². The van der Waals surface area contributed by atoms with Gasteiger partial charge < -0.3 is 0 Å². The van der Waals surface area contributed by atoms with Crippen LogP contribution in [-0.4, -0.2) is 15.8 Å². The van der Waals surface area contributed by atoms with Crippen LogP contribution >= 0.6 is 11.6 Å². The molecule has 1 aromatic heterocycles. The number of aromatic nitrogens is 2. The smallest absolute Gasteiger partial charge is 0.266 e. The number of fused-ring (bicyclic) bond motifs is 1. The first-order valence-electron chi connectivity index (χ1n) is 9.15. The number of hydrogen-bond donors (Lipinski definition) is 0. The molecule has 4 nitrogen and oxygen atoms in total. The van der Waals surface area contributed by atoms with Gasteiger partial charge in [-0.1, -0.05) is 42.5 Å². The SMILES string of the molecule is C=CC/C=C\C=NC(=C)/C=C/c1nc2ccc(F)cc2c(=O)n1-c1ccccc1Cl. The van der Waals surface area contributed by atoms with Crippen molar-refractivity contribution in [1.82, 2.24) is 9.55 Å². The van der Waals surface area contributed by atoms with E-state index in [1.165, 1.54) is 22.8 Å². The molecule has 150 valence electrons. The average molecular weight is 420 g/mol. The zero-order chi connectivity index (χ0) is 21.5. The molecule has 0 radical (unpaired) electrons. The fourth-order valence-corrected chi connectivity index (χ4v) is 2.96. The van der Waals surface area contributed by atoms with Gasteiger partial charge in [-0.05, 0) is 55.0 Å². The molecule has 3 rings (SSSR count). The van der Waals surface area contributed by atoms with Crippen LogP contribution in [0.2, 0.25) is 5.02 Å². The van der Waals surface area contributed by atoms with E-state index in [9.17, 15) is 9.18 Å². The van der Waals surface area contributed by atoms with Crippen LogP contribution in [0.15, 0.2) is 95.4 Å². The van der Waals surface area contributed by atoms with Gasteiger partial charge in [0.15, 0.2) is 0 Å². The fraction of sp³-hybridized carbons (Fsp3) is 0.0417. The average Bonchev–Trinajstić information content (AvgIpc) is 2.73. The zero-order valence-corrected chi connectivity index (χ0v) is 16.9. The molecule has 1 heterocycles. The third-order valence-electron chi connectivity index (χ3n) is 4.14. The van der Waals surface area contributed by atoms with Crippen molar-refractivity contribution < 1.29 is 4.39 Å². The van der Waals surface area contributed by atoms with Gasteiger partial charge in [0.05, 0.1) is 27.3 Å². The lowest BCUT2D eigenvalue weighted by molar-refractivity contribution is 0.629. The molecular formula is C24H19ClFN3O. The van der Waals surface area contributed by atoms with Crippen LogP contribution in [0.5, 0.6) is 0 Å². The number of aliphatic imine (C=N–C) groups is 1. The molecule has 0 N–H and O–H groups in total. The van der Waals surface area contributed by atoms with Gasteiger partial charge in [-0.3, -0.25) is 14.4 Å². The summed E-state index contributed by atoms with van der Waals surface area (Å²) in [5.74, 6) is -0.187. The molecule has 0 saturated carbocycles. The largest absolute Gasteiger partial charge is 0.268 e. The Morgan fingerprint density at radius 1 is 1.27 bits per heavy atom. The van der Waals surface area contributed by atoms with Crippen molar-refractivity contribution in [3.8, 4) is 5.69 Å². The Morgan fingerprint density at radius 3 is 2.83 bits per heavy atom. The minimum atomic E-state index is -0.511. The summed E-state index contributed by atoms with van der Waals surface area (Å²) in [5.41, 5.74) is 0.876. The summed E-state index contributed by atoms with van der Waals surface area (Å²) < 4.78 is 15.1. The first-order chi connectivity index (χ1) is 14.5. The normalized spacial score (nSPS) is 11.8. The van der Waals surface area contributed by atoms with Crippen LogP contribution in [0.1, 0.15) is 12.2 Å². The standard InChI is InChI=1S/C24H19ClFN3O/c1-3-4-5-8-15-27-17(2)11-14-23-28-21-13-12-18(26)16-19(21)24(30)29(23)22-10-7-6-9-20(22)25/h3,5-16H,1-2,4H2/b8-5-,14-11+,27-15?. The van der Waals surface area contributed by atoms with Crippen LogP contribution in [0, 0.1) is 5.82 Å². The molecule has 0 aliphatic heterocycles. The predicted octanol–water partition coefficient (Wildman–Crippen LogP) is 5.91. The minimum Gasteiger partial charge on any atom is -0.268 e. The second kappa shape index (κ2) is 9.76. The van der Waals surface area contributed by atoms with Crippen molar-refractivity contribution in [3.05, 3.63) is 113 Å². The van der Waals surface area contributed by atoms with E-state index in [1.807, 2.05) is 6.08 Å². The van der Waals surface area contributed by atoms with E-state index in [2.05, 4.69) is 23.1 Å². The number of nitrogens with zero attached hydrogens (tertiary/aromatic N) is 3. The number of hydrogen-bond acceptors (Lipinski definition) is 3. The van der Waals surface area contributed by atoms with E-state index in [0.29, 0.717) is 27.7 Å². The van der Waals surface area contributed by atoms with Crippen LogP contribution < -0.4 is 5.56 Å². The van der Waals surface area contributed by atoms with Crippen LogP contribution in [0.4, 0.5) is 4.39 Å². The summed E-state index contributed by atoms with van der Waals surface area (Å²) in [6, 6.07) is 10.8. The molecule has 6 heteroatoms. The van der Waals surface area contributed by atoms with Crippen molar-refractivity contribution in [3.63, 3.8) is 0 Å². The molecule has 2 aromatic carbocycles. The first-order valence-corrected chi connectivity index (χ1v) is 9.53. The molecule has 0 bridgehead atoms. The highest BCUT2D eigenvalue weighted by atomic mass is 35.5. The molecule has 0 atom stereocenters. The van der Waals surface area contributed by atoms with Crippen molar-refractivity contribution >= 4 is 34.8 Å². The maximum atomic E-state index is 13.7. The monoisotopic (exact) mass is 419 g/mol. The quantitative estimate of drug-likeness (QED) is 0.271. The summed E-state index contributed by atoms with van der Waals surface area (Å²) >= 11 is 6.32. The van der Waals surface area contributed by atoms with E-state index < -0.39 is 11.4 Å². The molecule has 0 spiro atoms. The highest BCUT2D eigenvalue weighted by Gasteiger charge is 2.14. The maximum Gasteiger partial charge on any atom is 0.266 e.